The van der Waals surface area contributed by atoms with Gasteiger partial charge in [-0.1, -0.05) is 30.7 Å². The van der Waals surface area contributed by atoms with Gasteiger partial charge in [-0.2, -0.15) is 0 Å². The van der Waals surface area contributed by atoms with Crippen LogP contribution in [0, 0.1) is 5.92 Å². The highest BCUT2D eigenvalue weighted by Gasteiger charge is 2.25. The van der Waals surface area contributed by atoms with E-state index in [4.69, 9.17) is 0 Å². The van der Waals surface area contributed by atoms with Crippen LogP contribution in [0.2, 0.25) is 0 Å². The summed E-state index contributed by atoms with van der Waals surface area (Å²) in [6.45, 7) is 0.997. The maximum Gasteiger partial charge on any atom is 0.160 e. The van der Waals surface area contributed by atoms with Gasteiger partial charge < -0.3 is 5.32 Å². The third kappa shape index (κ3) is 1.89. The van der Waals surface area contributed by atoms with Crippen molar-refractivity contribution in [3.63, 3.8) is 0 Å². The van der Waals surface area contributed by atoms with Crippen LogP contribution in [0.25, 0.3) is 0 Å². The lowest BCUT2D eigenvalue weighted by Crippen LogP contribution is -2.42. The molecule has 1 heterocycles. The van der Waals surface area contributed by atoms with Crippen LogP contribution in [-0.4, -0.2) is 18.4 Å². The van der Waals surface area contributed by atoms with Gasteiger partial charge in [-0.25, -0.2) is 0 Å². The number of allylic oxidation sites excluding steroid dienone is 4. The van der Waals surface area contributed by atoms with Crippen LogP contribution in [0.4, 0.5) is 0 Å². The van der Waals surface area contributed by atoms with Gasteiger partial charge in [-0.3, -0.25) is 4.79 Å². The van der Waals surface area contributed by atoms with Crippen molar-refractivity contribution in [2.45, 2.75) is 25.3 Å². The zero-order valence-corrected chi connectivity index (χ0v) is 7.70. The summed E-state index contributed by atoms with van der Waals surface area (Å²) in [4.78, 5) is 11.8. The quantitative estimate of drug-likeness (QED) is 0.691. The van der Waals surface area contributed by atoms with E-state index in [2.05, 4.69) is 5.32 Å². The summed E-state index contributed by atoms with van der Waals surface area (Å²) in [6, 6.07) is 0.103. The number of rotatable bonds is 2. The van der Waals surface area contributed by atoms with Crippen LogP contribution < -0.4 is 5.32 Å². The molecule has 0 saturated carbocycles. The van der Waals surface area contributed by atoms with E-state index >= 15 is 0 Å². The van der Waals surface area contributed by atoms with Gasteiger partial charge in [-0.05, 0) is 19.4 Å². The van der Waals surface area contributed by atoms with Gasteiger partial charge in [0.2, 0.25) is 0 Å². The summed E-state index contributed by atoms with van der Waals surface area (Å²) in [6.07, 6.45) is 11.2. The molecule has 0 amide bonds. The number of hydrogen-bond acceptors (Lipinski definition) is 2. The van der Waals surface area contributed by atoms with Crippen molar-refractivity contribution >= 4 is 5.78 Å². The fourth-order valence-electron chi connectivity index (χ4n) is 1.95. The number of carbonyl (C=O) groups excluding carboxylic acids is 1. The lowest BCUT2D eigenvalue weighted by atomic mass is 9.93. The Morgan fingerprint density at radius 1 is 1.23 bits per heavy atom. The summed E-state index contributed by atoms with van der Waals surface area (Å²) in [5.41, 5.74) is 0. The lowest BCUT2D eigenvalue weighted by Gasteiger charge is -2.23. The minimum Gasteiger partial charge on any atom is -0.307 e. The average Bonchev–Trinajstić information content (AvgIpc) is 2.71. The molecule has 0 spiro atoms. The van der Waals surface area contributed by atoms with Crippen LogP contribution in [0.15, 0.2) is 24.3 Å². The molecule has 1 unspecified atom stereocenters. The van der Waals surface area contributed by atoms with E-state index in [1.54, 1.807) is 0 Å². The second-order valence-corrected chi connectivity index (χ2v) is 3.70. The molecular formula is C11H15NO. The highest BCUT2D eigenvalue weighted by Crippen LogP contribution is 2.16. The number of nitrogens with one attached hydrogen (secondary N) is 1. The van der Waals surface area contributed by atoms with Crippen LogP contribution in [0.5, 0.6) is 0 Å². The number of carbonyl (C=O) groups is 1. The number of piperidine rings is 1. The fraction of sp³-hybridized carbons (Fsp3) is 0.545. The fourth-order valence-corrected chi connectivity index (χ4v) is 1.95. The Balaban J connectivity index is 1.95. The summed E-state index contributed by atoms with van der Waals surface area (Å²) in [5, 5.41) is 3.28. The molecule has 2 heteroatoms. The molecule has 13 heavy (non-hydrogen) atoms. The van der Waals surface area contributed by atoms with E-state index in [0.29, 0.717) is 5.78 Å². The highest BCUT2D eigenvalue weighted by molar-refractivity contribution is 5.90. The zero-order valence-electron chi connectivity index (χ0n) is 7.70. The van der Waals surface area contributed by atoms with Crippen LogP contribution in [0.1, 0.15) is 19.3 Å². The highest BCUT2D eigenvalue weighted by atomic mass is 16.1. The second kappa shape index (κ2) is 3.88. The minimum absolute atomic E-state index is 0.0376. The Hall–Kier alpha value is -0.890. The molecule has 1 fully saturated rings. The summed E-state index contributed by atoms with van der Waals surface area (Å²) in [5.74, 6) is 0.375. The molecule has 1 saturated heterocycles. The Morgan fingerprint density at radius 2 is 2.00 bits per heavy atom. The first-order valence-electron chi connectivity index (χ1n) is 5.00. The largest absolute Gasteiger partial charge is 0.307 e. The SMILES string of the molecule is O=C(C1C=CC=C1)C1CCCCN1. The van der Waals surface area contributed by atoms with Crippen molar-refractivity contribution in [1.29, 1.82) is 0 Å². The second-order valence-electron chi connectivity index (χ2n) is 3.70. The zero-order chi connectivity index (χ0) is 9.10. The molecule has 0 aromatic rings. The molecule has 1 aliphatic heterocycles. The Labute approximate surface area is 78.7 Å². The van der Waals surface area contributed by atoms with E-state index in [-0.39, 0.29) is 12.0 Å². The topological polar surface area (TPSA) is 29.1 Å². The average molecular weight is 177 g/mol. The Kier molecular flexibility index (Phi) is 2.60. The number of hydrogen-bond donors (Lipinski definition) is 1. The molecule has 0 aromatic heterocycles. The van der Waals surface area contributed by atoms with Crippen LogP contribution in [-0.2, 0) is 4.79 Å². The molecular weight excluding hydrogens is 162 g/mol. The van der Waals surface area contributed by atoms with Crippen molar-refractivity contribution in [1.82, 2.24) is 5.32 Å². The van der Waals surface area contributed by atoms with Gasteiger partial charge in [0.15, 0.2) is 5.78 Å². The first-order chi connectivity index (χ1) is 6.38. The van der Waals surface area contributed by atoms with Crippen molar-refractivity contribution in [2.24, 2.45) is 5.92 Å². The Bertz CT molecular complexity index is 237. The van der Waals surface area contributed by atoms with E-state index < -0.39 is 0 Å². The maximum absolute atomic E-state index is 11.8. The number of Topliss-reactive ketones (excluding diaryl/α,β-unsaturated/α-hetero) is 1. The van der Waals surface area contributed by atoms with Gasteiger partial charge in [-0.15, -0.1) is 0 Å². The third-order valence-electron chi connectivity index (χ3n) is 2.73. The normalized spacial score (nSPS) is 28.2. The predicted molar refractivity (Wildman–Crippen MR) is 52.4 cm³/mol. The monoisotopic (exact) mass is 177 g/mol. The number of ketones is 1. The maximum atomic E-state index is 11.8. The van der Waals surface area contributed by atoms with E-state index in [1.807, 2.05) is 24.3 Å². The molecule has 2 rings (SSSR count). The van der Waals surface area contributed by atoms with Gasteiger partial charge in [0.05, 0.1) is 12.0 Å². The van der Waals surface area contributed by atoms with Crippen molar-refractivity contribution in [2.75, 3.05) is 6.54 Å². The van der Waals surface area contributed by atoms with Crippen molar-refractivity contribution in [3.05, 3.63) is 24.3 Å². The first kappa shape index (κ1) is 8.70. The van der Waals surface area contributed by atoms with Gasteiger partial charge in [0.1, 0.15) is 0 Å². The van der Waals surface area contributed by atoms with Crippen molar-refractivity contribution < 1.29 is 4.79 Å². The molecule has 0 bridgehead atoms. The molecule has 1 N–H and O–H groups in total. The molecule has 0 radical (unpaired) electrons. The lowest BCUT2D eigenvalue weighted by molar-refractivity contribution is -0.122. The molecule has 1 atom stereocenters. The summed E-state index contributed by atoms with van der Waals surface area (Å²) < 4.78 is 0. The van der Waals surface area contributed by atoms with Gasteiger partial charge in [0, 0.05) is 0 Å². The third-order valence-corrected chi connectivity index (χ3v) is 2.73. The van der Waals surface area contributed by atoms with Gasteiger partial charge in [0.25, 0.3) is 0 Å². The van der Waals surface area contributed by atoms with E-state index in [1.165, 1.54) is 12.8 Å². The predicted octanol–water partition coefficient (Wildman–Crippen LogP) is 1.44. The summed E-state index contributed by atoms with van der Waals surface area (Å²) in [7, 11) is 0. The van der Waals surface area contributed by atoms with Gasteiger partial charge >= 0.3 is 0 Å². The molecule has 2 nitrogen and oxygen atoms in total. The van der Waals surface area contributed by atoms with E-state index in [9.17, 15) is 4.79 Å². The first-order valence-corrected chi connectivity index (χ1v) is 5.00. The van der Waals surface area contributed by atoms with Crippen LogP contribution >= 0.6 is 0 Å². The Morgan fingerprint density at radius 3 is 2.62 bits per heavy atom. The molecule has 70 valence electrons. The van der Waals surface area contributed by atoms with E-state index in [0.717, 1.165) is 13.0 Å². The molecule has 2 aliphatic rings. The summed E-state index contributed by atoms with van der Waals surface area (Å²) >= 11 is 0. The van der Waals surface area contributed by atoms with Crippen molar-refractivity contribution in [3.8, 4) is 0 Å². The molecule has 1 aliphatic carbocycles. The molecule has 0 aromatic carbocycles. The smallest absolute Gasteiger partial charge is 0.160 e. The standard InChI is InChI=1S/C11H15NO/c13-11(9-5-1-2-6-9)10-7-3-4-8-12-10/h1-2,5-6,9-10,12H,3-4,7-8H2. The van der Waals surface area contributed by atoms with Crippen LogP contribution in [0.3, 0.4) is 0 Å². The minimum atomic E-state index is 0.0376.